The van der Waals surface area contributed by atoms with E-state index in [1.54, 1.807) is 12.1 Å². The number of ketones is 1. The molecule has 0 saturated heterocycles. The van der Waals surface area contributed by atoms with Gasteiger partial charge in [-0.05, 0) is 17.7 Å². The van der Waals surface area contributed by atoms with Gasteiger partial charge in [-0.3, -0.25) is 9.59 Å². The smallest absolute Gasteiger partial charge is 0.260 e. The SMILES string of the molecule is NC(=O)c1sc2c(c1N)C(c1ccc(Cl)cc1)C1=C(N2)c2ccccc2C1=O. The fourth-order valence-electron chi connectivity index (χ4n) is 3.98. The van der Waals surface area contributed by atoms with Crippen molar-refractivity contribution in [3.63, 3.8) is 0 Å². The zero-order chi connectivity index (χ0) is 19.6. The molecule has 2 heterocycles. The van der Waals surface area contributed by atoms with Gasteiger partial charge in [0.2, 0.25) is 0 Å². The molecule has 0 saturated carbocycles. The third-order valence-electron chi connectivity index (χ3n) is 5.18. The number of rotatable bonds is 2. The van der Waals surface area contributed by atoms with Gasteiger partial charge in [-0.15, -0.1) is 11.3 Å². The number of anilines is 2. The summed E-state index contributed by atoms with van der Waals surface area (Å²) in [6, 6.07) is 14.8. The average Bonchev–Trinajstić information content (AvgIpc) is 3.17. The highest BCUT2D eigenvalue weighted by atomic mass is 35.5. The summed E-state index contributed by atoms with van der Waals surface area (Å²) in [7, 11) is 0. The number of nitrogens with two attached hydrogens (primary N) is 2. The number of allylic oxidation sites excluding steroid dienone is 1. The lowest BCUT2D eigenvalue weighted by Gasteiger charge is -2.27. The lowest BCUT2D eigenvalue weighted by atomic mass is 9.81. The van der Waals surface area contributed by atoms with Crippen molar-refractivity contribution in [3.8, 4) is 0 Å². The van der Waals surface area contributed by atoms with Crippen LogP contribution in [0, 0.1) is 0 Å². The van der Waals surface area contributed by atoms with E-state index in [1.165, 1.54) is 11.3 Å². The highest BCUT2D eigenvalue weighted by Gasteiger charge is 2.42. The molecule has 1 aliphatic heterocycles. The number of primary amides is 1. The van der Waals surface area contributed by atoms with E-state index in [2.05, 4.69) is 5.32 Å². The first kappa shape index (κ1) is 17.0. The summed E-state index contributed by atoms with van der Waals surface area (Å²) < 4.78 is 0. The lowest BCUT2D eigenvalue weighted by molar-refractivity contribution is 0.100. The van der Waals surface area contributed by atoms with E-state index in [-0.39, 0.29) is 5.78 Å². The van der Waals surface area contributed by atoms with Crippen LogP contribution < -0.4 is 16.8 Å². The van der Waals surface area contributed by atoms with Gasteiger partial charge in [0.05, 0.1) is 16.4 Å². The molecule has 28 heavy (non-hydrogen) atoms. The molecular formula is C21H14ClN3O2S. The number of hydrogen-bond donors (Lipinski definition) is 3. The van der Waals surface area contributed by atoms with Crippen LogP contribution in [-0.4, -0.2) is 11.7 Å². The normalized spacial score (nSPS) is 17.0. The van der Waals surface area contributed by atoms with Gasteiger partial charge in [-0.1, -0.05) is 48.0 Å². The Labute approximate surface area is 169 Å². The van der Waals surface area contributed by atoms with Crippen LogP contribution in [0.5, 0.6) is 0 Å². The Bertz CT molecular complexity index is 1210. The van der Waals surface area contributed by atoms with Crippen LogP contribution in [0.25, 0.3) is 5.70 Å². The van der Waals surface area contributed by atoms with Gasteiger partial charge >= 0.3 is 0 Å². The predicted octanol–water partition coefficient (Wildman–Crippen LogP) is 4.25. The van der Waals surface area contributed by atoms with Crippen LogP contribution in [0.4, 0.5) is 10.7 Å². The molecule has 0 radical (unpaired) electrons. The maximum Gasteiger partial charge on any atom is 0.260 e. The highest BCUT2D eigenvalue weighted by molar-refractivity contribution is 7.19. The van der Waals surface area contributed by atoms with Crippen molar-refractivity contribution in [1.82, 2.24) is 0 Å². The van der Waals surface area contributed by atoms with E-state index < -0.39 is 11.8 Å². The van der Waals surface area contributed by atoms with E-state index in [0.29, 0.717) is 32.3 Å². The number of thiophene rings is 1. The van der Waals surface area contributed by atoms with E-state index in [1.807, 2.05) is 36.4 Å². The van der Waals surface area contributed by atoms with Crippen molar-refractivity contribution in [2.75, 3.05) is 11.1 Å². The molecule has 1 aliphatic carbocycles. The average molecular weight is 408 g/mol. The number of hydrogen-bond acceptors (Lipinski definition) is 5. The van der Waals surface area contributed by atoms with E-state index in [0.717, 1.165) is 21.8 Å². The Kier molecular flexibility index (Phi) is 3.62. The second kappa shape index (κ2) is 5.95. The summed E-state index contributed by atoms with van der Waals surface area (Å²) in [4.78, 5) is 25.4. The molecule has 0 spiro atoms. The van der Waals surface area contributed by atoms with Gasteiger partial charge in [0.25, 0.3) is 5.91 Å². The van der Waals surface area contributed by atoms with Crippen LogP contribution in [0.3, 0.4) is 0 Å². The van der Waals surface area contributed by atoms with Crippen molar-refractivity contribution in [2.24, 2.45) is 5.73 Å². The third-order valence-corrected chi connectivity index (χ3v) is 6.58. The van der Waals surface area contributed by atoms with E-state index >= 15 is 0 Å². The standard InChI is InChI=1S/C21H14ClN3O2S/c22-10-7-5-9(6-8-10)13-14-16(23)19(20(24)27)28-21(14)25-17-11-3-1-2-4-12(11)18(26)15(13)17/h1-8,13,25H,23H2,(H2,24,27). The molecule has 0 fully saturated rings. The third kappa shape index (κ3) is 2.25. The Balaban J connectivity index is 1.80. The summed E-state index contributed by atoms with van der Waals surface area (Å²) in [5.41, 5.74) is 16.6. The molecular weight excluding hydrogens is 394 g/mol. The van der Waals surface area contributed by atoms with Gasteiger partial charge in [0.1, 0.15) is 4.88 Å². The Hall–Kier alpha value is -3.09. The number of carbonyl (C=O) groups excluding carboxylic acids is 2. The van der Waals surface area contributed by atoms with Gasteiger partial charge < -0.3 is 16.8 Å². The monoisotopic (exact) mass is 407 g/mol. The number of halogens is 1. The second-order valence-electron chi connectivity index (χ2n) is 6.72. The summed E-state index contributed by atoms with van der Waals surface area (Å²) in [6.45, 7) is 0. The molecule has 7 heteroatoms. The number of nitrogen functional groups attached to an aromatic ring is 1. The number of benzene rings is 2. The van der Waals surface area contributed by atoms with Crippen molar-refractivity contribution in [2.45, 2.75) is 5.92 Å². The summed E-state index contributed by atoms with van der Waals surface area (Å²) >= 11 is 7.28. The van der Waals surface area contributed by atoms with Crippen LogP contribution in [0.1, 0.15) is 42.6 Å². The Morgan fingerprint density at radius 1 is 1.07 bits per heavy atom. The maximum absolute atomic E-state index is 13.3. The lowest BCUT2D eigenvalue weighted by Crippen LogP contribution is -2.19. The second-order valence-corrected chi connectivity index (χ2v) is 8.18. The molecule has 138 valence electrons. The fraction of sp³-hybridized carbons (Fsp3) is 0.0476. The van der Waals surface area contributed by atoms with Crippen LogP contribution in [-0.2, 0) is 0 Å². The van der Waals surface area contributed by atoms with Crippen molar-refractivity contribution < 1.29 is 9.59 Å². The first-order chi connectivity index (χ1) is 13.5. The molecule has 5 N–H and O–H groups in total. The molecule has 3 aromatic rings. The zero-order valence-electron chi connectivity index (χ0n) is 14.5. The minimum atomic E-state index is -0.583. The summed E-state index contributed by atoms with van der Waals surface area (Å²) in [6.07, 6.45) is 0. The first-order valence-electron chi connectivity index (χ1n) is 8.60. The number of carbonyl (C=O) groups is 2. The minimum Gasteiger partial charge on any atom is -0.397 e. The van der Waals surface area contributed by atoms with E-state index in [4.69, 9.17) is 23.1 Å². The molecule has 2 aromatic carbocycles. The van der Waals surface area contributed by atoms with E-state index in [9.17, 15) is 9.59 Å². The number of nitrogens with one attached hydrogen (secondary N) is 1. The largest absolute Gasteiger partial charge is 0.397 e. The van der Waals surface area contributed by atoms with Crippen molar-refractivity contribution in [1.29, 1.82) is 0 Å². The first-order valence-corrected chi connectivity index (χ1v) is 9.79. The maximum atomic E-state index is 13.3. The highest BCUT2D eigenvalue weighted by Crippen LogP contribution is 2.54. The minimum absolute atomic E-state index is 0.0464. The van der Waals surface area contributed by atoms with Crippen molar-refractivity contribution in [3.05, 3.63) is 86.3 Å². The van der Waals surface area contributed by atoms with Crippen LogP contribution in [0.2, 0.25) is 5.02 Å². The molecule has 1 unspecified atom stereocenters. The molecule has 0 bridgehead atoms. The number of fused-ring (bicyclic) bond motifs is 3. The zero-order valence-corrected chi connectivity index (χ0v) is 16.0. The molecule has 5 nitrogen and oxygen atoms in total. The van der Waals surface area contributed by atoms with Crippen LogP contribution in [0.15, 0.2) is 54.1 Å². The molecule has 1 amide bonds. The number of Topliss-reactive ketones (excluding diaryl/α,β-unsaturated/α-hetero) is 1. The van der Waals surface area contributed by atoms with Gasteiger partial charge in [-0.25, -0.2) is 0 Å². The van der Waals surface area contributed by atoms with Gasteiger partial charge in [-0.2, -0.15) is 0 Å². The molecule has 1 atom stereocenters. The van der Waals surface area contributed by atoms with Gasteiger partial charge in [0, 0.05) is 33.2 Å². The Morgan fingerprint density at radius 3 is 2.43 bits per heavy atom. The molecule has 2 aliphatic rings. The topological polar surface area (TPSA) is 98.2 Å². The quantitative estimate of drug-likeness (QED) is 0.591. The summed E-state index contributed by atoms with van der Waals surface area (Å²) in [5.74, 6) is -1.04. The van der Waals surface area contributed by atoms with Crippen molar-refractivity contribution >= 4 is 51.0 Å². The predicted molar refractivity (Wildman–Crippen MR) is 112 cm³/mol. The fourth-order valence-corrected chi connectivity index (χ4v) is 5.12. The molecule has 5 rings (SSSR count). The van der Waals surface area contributed by atoms with Gasteiger partial charge in [0.15, 0.2) is 5.78 Å². The number of amides is 1. The molecule has 1 aromatic heterocycles. The summed E-state index contributed by atoms with van der Waals surface area (Å²) in [5, 5.41) is 4.67. The van der Waals surface area contributed by atoms with Crippen LogP contribution >= 0.6 is 22.9 Å². The Morgan fingerprint density at radius 2 is 1.75 bits per heavy atom.